The van der Waals surface area contributed by atoms with Crippen molar-refractivity contribution >= 4 is 5.69 Å². The van der Waals surface area contributed by atoms with Crippen LogP contribution in [0.4, 0.5) is 5.69 Å². The van der Waals surface area contributed by atoms with Crippen molar-refractivity contribution in [2.75, 3.05) is 12.1 Å². The molecule has 2 heteroatoms. The maximum absolute atomic E-state index is 10.9. The third-order valence-corrected chi connectivity index (χ3v) is 2.12. The van der Waals surface area contributed by atoms with Crippen LogP contribution >= 0.6 is 0 Å². The molecule has 1 rings (SSSR count). The van der Waals surface area contributed by atoms with E-state index in [0.717, 1.165) is 17.2 Å². The first-order chi connectivity index (χ1) is 6.24. The maximum atomic E-state index is 10.9. The fraction of sp³-hybridized carbons (Fsp3) is 0.455. The van der Waals surface area contributed by atoms with E-state index in [1.807, 2.05) is 24.3 Å². The Kier molecular flexibility index (Phi) is 3.77. The number of aryl methyl sites for hydroxylation is 1. The van der Waals surface area contributed by atoms with E-state index in [1.165, 1.54) is 25.5 Å². The predicted octanol–water partition coefficient (Wildman–Crippen LogP) is 2.81. The Balaban J connectivity index is 2.59. The maximum Gasteiger partial charge on any atom is 0.0664 e. The molecule has 0 fully saturated rings. The number of rotatable bonds is 4. The van der Waals surface area contributed by atoms with Crippen LogP contribution in [0.5, 0.6) is 0 Å². The highest BCUT2D eigenvalue weighted by Gasteiger charge is 1.97. The first-order valence-electron chi connectivity index (χ1n) is 4.74. The van der Waals surface area contributed by atoms with E-state index < -0.39 is 0 Å². The Labute approximate surface area is 79.8 Å². The van der Waals surface area contributed by atoms with Gasteiger partial charge in [0.15, 0.2) is 0 Å². The average molecular weight is 178 g/mol. The molecule has 0 amide bonds. The van der Waals surface area contributed by atoms with Gasteiger partial charge in [-0.1, -0.05) is 30.7 Å². The van der Waals surface area contributed by atoms with E-state index in [2.05, 4.69) is 6.92 Å². The molecule has 2 nitrogen and oxygen atoms in total. The molecule has 0 unspecified atom stereocenters. The minimum absolute atomic E-state index is 0.722. The highest BCUT2D eigenvalue weighted by Crippen LogP contribution is 2.13. The van der Waals surface area contributed by atoms with Gasteiger partial charge in [-0.25, -0.2) is 5.06 Å². The van der Waals surface area contributed by atoms with Gasteiger partial charge in [0.05, 0.1) is 5.69 Å². The molecule has 1 radical (unpaired) electrons. The average Bonchev–Trinajstić information content (AvgIpc) is 2.15. The zero-order chi connectivity index (χ0) is 9.68. The summed E-state index contributed by atoms with van der Waals surface area (Å²) in [5.74, 6) is 0. The van der Waals surface area contributed by atoms with Gasteiger partial charge in [0.1, 0.15) is 0 Å². The lowest BCUT2D eigenvalue weighted by Gasteiger charge is -2.07. The number of nitrogens with zero attached hydrogens (tertiary/aromatic N) is 1. The molecule has 1 aromatic carbocycles. The van der Waals surface area contributed by atoms with E-state index in [4.69, 9.17) is 0 Å². The molecule has 0 aliphatic carbocycles. The molecular formula is C11H16NO. The number of hydroxylamine groups is 1. The number of benzene rings is 1. The minimum atomic E-state index is 0.722. The largest absolute Gasteiger partial charge is 0.223 e. The summed E-state index contributed by atoms with van der Waals surface area (Å²) in [5.41, 5.74) is 2.03. The topological polar surface area (TPSA) is 23.1 Å². The van der Waals surface area contributed by atoms with Crippen LogP contribution in [0.15, 0.2) is 24.3 Å². The SMILES string of the molecule is CCCCc1ccc(N(C)[O])cc1. The van der Waals surface area contributed by atoms with Crippen LogP contribution in [0.3, 0.4) is 0 Å². The van der Waals surface area contributed by atoms with Crippen molar-refractivity contribution in [1.29, 1.82) is 0 Å². The summed E-state index contributed by atoms with van der Waals surface area (Å²) in [6.07, 6.45) is 3.54. The molecule has 0 aromatic heterocycles. The van der Waals surface area contributed by atoms with Gasteiger partial charge in [0.25, 0.3) is 0 Å². The van der Waals surface area contributed by atoms with Gasteiger partial charge < -0.3 is 0 Å². The van der Waals surface area contributed by atoms with Gasteiger partial charge in [0, 0.05) is 7.05 Å². The van der Waals surface area contributed by atoms with Crippen molar-refractivity contribution in [1.82, 2.24) is 0 Å². The van der Waals surface area contributed by atoms with Crippen molar-refractivity contribution in [3.63, 3.8) is 0 Å². The summed E-state index contributed by atoms with van der Waals surface area (Å²) in [6.45, 7) is 2.18. The number of anilines is 1. The molecule has 0 aliphatic heterocycles. The van der Waals surface area contributed by atoms with Crippen molar-refractivity contribution in [3.05, 3.63) is 29.8 Å². The van der Waals surface area contributed by atoms with Gasteiger partial charge in [0.2, 0.25) is 0 Å². The smallest absolute Gasteiger partial charge is 0.0664 e. The second-order valence-corrected chi connectivity index (χ2v) is 3.27. The Morgan fingerprint density at radius 2 is 1.85 bits per heavy atom. The van der Waals surface area contributed by atoms with Crippen molar-refractivity contribution in [2.24, 2.45) is 0 Å². The monoisotopic (exact) mass is 178 g/mol. The Morgan fingerprint density at radius 3 is 2.31 bits per heavy atom. The van der Waals surface area contributed by atoms with E-state index in [9.17, 15) is 5.21 Å². The molecule has 0 spiro atoms. The van der Waals surface area contributed by atoms with Crippen LogP contribution in [0.1, 0.15) is 25.3 Å². The Hall–Kier alpha value is -1.02. The Morgan fingerprint density at radius 1 is 1.23 bits per heavy atom. The van der Waals surface area contributed by atoms with Crippen LogP contribution in [0, 0.1) is 0 Å². The summed E-state index contributed by atoms with van der Waals surface area (Å²) in [5, 5.41) is 11.8. The van der Waals surface area contributed by atoms with E-state index in [-0.39, 0.29) is 0 Å². The minimum Gasteiger partial charge on any atom is -0.223 e. The van der Waals surface area contributed by atoms with Gasteiger partial charge >= 0.3 is 0 Å². The summed E-state index contributed by atoms with van der Waals surface area (Å²) >= 11 is 0. The highest BCUT2D eigenvalue weighted by atomic mass is 16.5. The number of hydrogen-bond acceptors (Lipinski definition) is 1. The Bertz CT molecular complexity index is 241. The lowest BCUT2D eigenvalue weighted by atomic mass is 10.1. The van der Waals surface area contributed by atoms with Gasteiger partial charge in [-0.05, 0) is 30.5 Å². The van der Waals surface area contributed by atoms with Gasteiger partial charge in [-0.3, -0.25) is 0 Å². The quantitative estimate of drug-likeness (QED) is 0.650. The molecule has 1 aromatic rings. The van der Waals surface area contributed by atoms with Crippen LogP contribution in [0.2, 0.25) is 0 Å². The van der Waals surface area contributed by atoms with E-state index in [0.29, 0.717) is 0 Å². The summed E-state index contributed by atoms with van der Waals surface area (Å²) in [4.78, 5) is 0. The zero-order valence-corrected chi connectivity index (χ0v) is 8.29. The van der Waals surface area contributed by atoms with Crippen molar-refractivity contribution in [3.8, 4) is 0 Å². The first-order valence-corrected chi connectivity index (χ1v) is 4.74. The van der Waals surface area contributed by atoms with Crippen LogP contribution in [-0.4, -0.2) is 7.05 Å². The van der Waals surface area contributed by atoms with Crippen LogP contribution < -0.4 is 5.06 Å². The molecular weight excluding hydrogens is 162 g/mol. The predicted molar refractivity (Wildman–Crippen MR) is 54.1 cm³/mol. The lowest BCUT2D eigenvalue weighted by Crippen LogP contribution is -2.07. The lowest BCUT2D eigenvalue weighted by molar-refractivity contribution is 0.177. The van der Waals surface area contributed by atoms with Gasteiger partial charge in [-0.15, -0.1) is 0 Å². The van der Waals surface area contributed by atoms with Crippen molar-refractivity contribution in [2.45, 2.75) is 26.2 Å². The van der Waals surface area contributed by atoms with Crippen LogP contribution in [-0.2, 0) is 11.6 Å². The normalized spacial score (nSPS) is 10.1. The summed E-state index contributed by atoms with van der Waals surface area (Å²) in [7, 11) is 1.51. The second-order valence-electron chi connectivity index (χ2n) is 3.27. The molecule has 13 heavy (non-hydrogen) atoms. The standard InChI is InChI=1S/C11H16NO/c1-3-4-5-10-6-8-11(9-7-10)12(2)13/h6-9H,3-5H2,1-2H3. The second kappa shape index (κ2) is 4.87. The number of unbranched alkanes of at least 4 members (excludes halogenated alkanes) is 1. The molecule has 0 saturated carbocycles. The third kappa shape index (κ3) is 3.07. The highest BCUT2D eigenvalue weighted by molar-refractivity contribution is 5.44. The molecule has 0 aliphatic rings. The molecule has 0 N–H and O–H groups in total. The molecule has 0 atom stereocenters. The number of hydrogen-bond donors (Lipinski definition) is 0. The zero-order valence-electron chi connectivity index (χ0n) is 8.29. The van der Waals surface area contributed by atoms with Gasteiger partial charge in [-0.2, -0.15) is 0 Å². The molecule has 71 valence electrons. The van der Waals surface area contributed by atoms with E-state index >= 15 is 0 Å². The summed E-state index contributed by atoms with van der Waals surface area (Å²) < 4.78 is 0. The summed E-state index contributed by atoms with van der Waals surface area (Å²) in [6, 6.07) is 7.80. The molecule has 0 heterocycles. The fourth-order valence-electron chi connectivity index (χ4n) is 1.25. The fourth-order valence-corrected chi connectivity index (χ4v) is 1.25. The first kappa shape index (κ1) is 10.1. The molecule has 0 saturated heterocycles. The van der Waals surface area contributed by atoms with Crippen molar-refractivity contribution < 1.29 is 5.21 Å². The van der Waals surface area contributed by atoms with Crippen LogP contribution in [0.25, 0.3) is 0 Å². The van der Waals surface area contributed by atoms with E-state index in [1.54, 1.807) is 0 Å². The molecule has 0 bridgehead atoms. The third-order valence-electron chi connectivity index (χ3n) is 2.12.